The van der Waals surface area contributed by atoms with Crippen LogP contribution in [-0.2, 0) is 11.8 Å². The minimum absolute atomic E-state index is 0.0855. The third-order valence-electron chi connectivity index (χ3n) is 7.96. The van der Waals surface area contributed by atoms with Crippen molar-refractivity contribution >= 4 is 11.4 Å². The Morgan fingerprint density at radius 2 is 1.16 bits per heavy atom. The molecule has 0 aliphatic heterocycles. The van der Waals surface area contributed by atoms with Crippen LogP contribution in [0, 0.1) is 6.92 Å². The highest BCUT2D eigenvalue weighted by Gasteiger charge is 2.45. The fourth-order valence-electron chi connectivity index (χ4n) is 6.13. The lowest BCUT2D eigenvalue weighted by atomic mass is 9.67. The first-order valence-electron chi connectivity index (χ1n) is 13.1. The van der Waals surface area contributed by atoms with E-state index in [9.17, 15) is 4.79 Å². The molecule has 5 aromatic rings. The van der Waals surface area contributed by atoms with E-state index in [0.717, 1.165) is 22.3 Å². The van der Waals surface area contributed by atoms with Gasteiger partial charge in [0.15, 0.2) is 5.78 Å². The van der Waals surface area contributed by atoms with Crippen molar-refractivity contribution in [2.45, 2.75) is 25.7 Å². The van der Waals surface area contributed by atoms with Crippen molar-refractivity contribution < 1.29 is 4.79 Å². The molecule has 0 heterocycles. The first-order valence-corrected chi connectivity index (χ1v) is 13.1. The third kappa shape index (κ3) is 3.74. The van der Waals surface area contributed by atoms with Crippen molar-refractivity contribution in [3.05, 3.63) is 172 Å². The molecule has 0 saturated heterocycles. The Balaban J connectivity index is 1.48. The van der Waals surface area contributed by atoms with Gasteiger partial charge >= 0.3 is 0 Å². The maximum atomic E-state index is 12.1. The zero-order chi connectivity index (χ0) is 26.3. The van der Waals surface area contributed by atoms with Crippen molar-refractivity contribution in [3.8, 4) is 11.1 Å². The molecule has 0 spiro atoms. The fourth-order valence-corrected chi connectivity index (χ4v) is 6.13. The molecule has 0 aromatic heterocycles. The molecule has 0 N–H and O–H groups in total. The van der Waals surface area contributed by atoms with E-state index < -0.39 is 5.41 Å². The van der Waals surface area contributed by atoms with Crippen LogP contribution in [0.25, 0.3) is 16.7 Å². The van der Waals surface area contributed by atoms with E-state index in [2.05, 4.69) is 111 Å². The third-order valence-corrected chi connectivity index (χ3v) is 7.96. The van der Waals surface area contributed by atoms with E-state index in [1.165, 1.54) is 38.9 Å². The van der Waals surface area contributed by atoms with Crippen molar-refractivity contribution in [3.63, 3.8) is 0 Å². The van der Waals surface area contributed by atoms with Crippen LogP contribution in [-0.4, -0.2) is 5.78 Å². The monoisotopic (exact) mass is 490 g/mol. The zero-order valence-electron chi connectivity index (χ0n) is 21.9. The van der Waals surface area contributed by atoms with Gasteiger partial charge in [-0.1, -0.05) is 133 Å². The fraction of sp³-hybridized carbons (Fsp3) is 0.108. The molecular formula is C37H30O. The lowest BCUT2D eigenvalue weighted by Crippen LogP contribution is -2.28. The molecule has 0 bridgehead atoms. The van der Waals surface area contributed by atoms with Crippen LogP contribution in [0.5, 0.6) is 0 Å². The Morgan fingerprint density at radius 3 is 1.74 bits per heavy atom. The highest BCUT2D eigenvalue weighted by atomic mass is 16.1. The summed E-state index contributed by atoms with van der Waals surface area (Å²) < 4.78 is 0. The van der Waals surface area contributed by atoms with Gasteiger partial charge in [0.2, 0.25) is 0 Å². The van der Waals surface area contributed by atoms with Gasteiger partial charge in [0.25, 0.3) is 0 Å². The average molecular weight is 491 g/mol. The molecule has 5 aromatic carbocycles. The Kier molecular flexibility index (Phi) is 5.93. The molecule has 1 heteroatoms. The number of ketones is 1. The lowest BCUT2D eigenvalue weighted by molar-refractivity contribution is 0.101. The maximum Gasteiger partial charge on any atom is 0.160 e. The van der Waals surface area contributed by atoms with Crippen LogP contribution < -0.4 is 0 Å². The SMILES string of the molecule is C=C(Cc1ccccc1C(C)=O)c1ccc(C2(c3ccc(C)cc3)c3ccccc3-c3ccccc32)cc1. The van der Waals surface area contributed by atoms with E-state index in [4.69, 9.17) is 0 Å². The number of rotatable bonds is 6. The van der Waals surface area contributed by atoms with Gasteiger partial charge in [0.05, 0.1) is 5.41 Å². The van der Waals surface area contributed by atoms with Crippen LogP contribution in [0.2, 0.25) is 0 Å². The maximum absolute atomic E-state index is 12.1. The van der Waals surface area contributed by atoms with Crippen LogP contribution >= 0.6 is 0 Å². The van der Waals surface area contributed by atoms with Gasteiger partial charge in [-0.15, -0.1) is 0 Å². The van der Waals surface area contributed by atoms with Gasteiger partial charge in [-0.3, -0.25) is 4.79 Å². The topological polar surface area (TPSA) is 17.1 Å². The number of hydrogen-bond donors (Lipinski definition) is 0. The summed E-state index contributed by atoms with van der Waals surface area (Å²) >= 11 is 0. The molecule has 0 unspecified atom stereocenters. The first kappa shape index (κ1) is 23.9. The minimum Gasteiger partial charge on any atom is -0.295 e. The van der Waals surface area contributed by atoms with E-state index in [0.29, 0.717) is 6.42 Å². The number of carbonyl (C=O) groups excluding carboxylic acids is 1. The molecule has 0 radical (unpaired) electrons. The molecule has 6 rings (SSSR count). The molecule has 1 aliphatic rings. The van der Waals surface area contributed by atoms with E-state index >= 15 is 0 Å². The van der Waals surface area contributed by atoms with Crippen molar-refractivity contribution in [2.75, 3.05) is 0 Å². The predicted octanol–water partition coefficient (Wildman–Crippen LogP) is 8.82. The van der Waals surface area contributed by atoms with Crippen LogP contribution in [0.3, 0.4) is 0 Å². The number of benzene rings is 5. The summed E-state index contributed by atoms with van der Waals surface area (Å²) in [4.78, 5) is 12.1. The lowest BCUT2D eigenvalue weighted by Gasteiger charge is -2.34. The van der Waals surface area contributed by atoms with E-state index in [-0.39, 0.29) is 5.78 Å². The molecule has 0 atom stereocenters. The summed E-state index contributed by atoms with van der Waals surface area (Å²) in [6.07, 6.45) is 0.643. The molecule has 38 heavy (non-hydrogen) atoms. The molecule has 1 aliphatic carbocycles. The highest BCUT2D eigenvalue weighted by molar-refractivity contribution is 5.96. The number of carbonyl (C=O) groups is 1. The second-order valence-corrected chi connectivity index (χ2v) is 10.3. The first-order chi connectivity index (χ1) is 18.5. The van der Waals surface area contributed by atoms with E-state index in [1.54, 1.807) is 6.92 Å². The molecule has 0 saturated carbocycles. The predicted molar refractivity (Wildman–Crippen MR) is 158 cm³/mol. The number of fused-ring (bicyclic) bond motifs is 3. The summed E-state index contributed by atoms with van der Waals surface area (Å²) in [6, 6.07) is 43.3. The molecule has 1 nitrogen and oxygen atoms in total. The zero-order valence-corrected chi connectivity index (χ0v) is 21.9. The summed E-state index contributed by atoms with van der Waals surface area (Å²) in [7, 11) is 0. The number of hydrogen-bond acceptors (Lipinski definition) is 1. The van der Waals surface area contributed by atoms with E-state index in [1.807, 2.05) is 24.3 Å². The largest absolute Gasteiger partial charge is 0.295 e. The molecule has 184 valence electrons. The smallest absolute Gasteiger partial charge is 0.160 e. The summed E-state index contributed by atoms with van der Waals surface area (Å²) in [5.41, 5.74) is 12.4. The molecule has 0 fully saturated rings. The second-order valence-electron chi connectivity index (χ2n) is 10.3. The Bertz CT molecular complexity index is 1620. The average Bonchev–Trinajstić information content (AvgIpc) is 3.25. The summed E-state index contributed by atoms with van der Waals surface area (Å²) in [5.74, 6) is 0.0855. The van der Waals surface area contributed by atoms with Crippen molar-refractivity contribution in [1.82, 2.24) is 0 Å². The minimum atomic E-state index is -0.401. The molecular weight excluding hydrogens is 460 g/mol. The highest BCUT2D eigenvalue weighted by Crippen LogP contribution is 2.56. The normalized spacial score (nSPS) is 13.0. The summed E-state index contributed by atoms with van der Waals surface area (Å²) in [5, 5.41) is 0. The Hall–Kier alpha value is -4.49. The van der Waals surface area contributed by atoms with Crippen molar-refractivity contribution in [1.29, 1.82) is 0 Å². The van der Waals surface area contributed by atoms with Gasteiger partial charge in [-0.2, -0.15) is 0 Å². The number of Topliss-reactive ketones (excluding diaryl/α,β-unsaturated/α-hetero) is 1. The standard InChI is InChI=1S/C37H30O/c1-25-16-20-30(21-17-25)37(35-14-8-6-12-33(35)34-13-7-9-15-36(34)37)31-22-18-28(19-23-31)26(2)24-29-10-4-5-11-32(29)27(3)38/h4-23H,2,24H2,1,3H3. The number of allylic oxidation sites excluding steroid dienone is 1. The Labute approximate surface area is 225 Å². The van der Waals surface area contributed by atoms with Gasteiger partial charge in [-0.25, -0.2) is 0 Å². The van der Waals surface area contributed by atoms with Gasteiger partial charge in [-0.05, 0) is 70.3 Å². The van der Waals surface area contributed by atoms with Gasteiger partial charge < -0.3 is 0 Å². The van der Waals surface area contributed by atoms with Gasteiger partial charge in [0.1, 0.15) is 0 Å². The quantitative estimate of drug-likeness (QED) is 0.213. The van der Waals surface area contributed by atoms with Crippen LogP contribution in [0.1, 0.15) is 56.2 Å². The van der Waals surface area contributed by atoms with Crippen LogP contribution in [0.4, 0.5) is 0 Å². The Morgan fingerprint density at radius 1 is 0.658 bits per heavy atom. The molecule has 0 amide bonds. The van der Waals surface area contributed by atoms with Gasteiger partial charge in [0, 0.05) is 5.56 Å². The second kappa shape index (κ2) is 9.43. The number of aryl methyl sites for hydroxylation is 1. The van der Waals surface area contributed by atoms with Crippen LogP contribution in [0.15, 0.2) is 128 Å². The van der Waals surface area contributed by atoms with Crippen molar-refractivity contribution in [2.24, 2.45) is 0 Å². The summed E-state index contributed by atoms with van der Waals surface area (Å²) in [6.45, 7) is 8.15.